The van der Waals surface area contributed by atoms with Gasteiger partial charge in [0.25, 0.3) is 0 Å². The number of halogens is 1. The summed E-state index contributed by atoms with van der Waals surface area (Å²) in [5.41, 5.74) is 2.81. The molecule has 0 aliphatic carbocycles. The molecule has 0 saturated heterocycles. The lowest BCUT2D eigenvalue weighted by molar-refractivity contribution is 0.203. The van der Waals surface area contributed by atoms with Crippen molar-refractivity contribution in [1.29, 1.82) is 0 Å². The normalized spacial score (nSPS) is 12.2. The SMILES string of the molecule is COc1cc(C)c(C(O)CSc2ccccc2F)cc1C. The van der Waals surface area contributed by atoms with Gasteiger partial charge in [0, 0.05) is 10.6 Å². The van der Waals surface area contributed by atoms with Crippen molar-refractivity contribution in [2.45, 2.75) is 24.8 Å². The Hall–Kier alpha value is -1.52. The predicted molar refractivity (Wildman–Crippen MR) is 84.6 cm³/mol. The van der Waals surface area contributed by atoms with Crippen LogP contribution in [-0.2, 0) is 0 Å². The maximum absolute atomic E-state index is 13.6. The molecule has 0 aliphatic rings. The number of hydrogen-bond donors (Lipinski definition) is 1. The van der Waals surface area contributed by atoms with Gasteiger partial charge in [-0.1, -0.05) is 12.1 Å². The van der Waals surface area contributed by atoms with Gasteiger partial charge in [-0.05, 0) is 54.8 Å². The molecule has 0 spiro atoms. The van der Waals surface area contributed by atoms with E-state index < -0.39 is 6.10 Å². The average Bonchev–Trinajstić information content (AvgIpc) is 2.48. The molecule has 112 valence electrons. The molecule has 1 N–H and O–H groups in total. The fourth-order valence-electron chi connectivity index (χ4n) is 2.21. The van der Waals surface area contributed by atoms with Crippen LogP contribution in [0, 0.1) is 19.7 Å². The van der Waals surface area contributed by atoms with Gasteiger partial charge in [-0.2, -0.15) is 0 Å². The molecular weight excluding hydrogens is 287 g/mol. The minimum absolute atomic E-state index is 0.252. The molecule has 0 radical (unpaired) electrons. The summed E-state index contributed by atoms with van der Waals surface area (Å²) in [6.07, 6.45) is -0.640. The van der Waals surface area contributed by atoms with Gasteiger partial charge in [-0.25, -0.2) is 4.39 Å². The van der Waals surface area contributed by atoms with E-state index in [2.05, 4.69) is 0 Å². The van der Waals surface area contributed by atoms with Gasteiger partial charge >= 0.3 is 0 Å². The van der Waals surface area contributed by atoms with E-state index in [1.165, 1.54) is 17.8 Å². The van der Waals surface area contributed by atoms with Crippen molar-refractivity contribution in [2.75, 3.05) is 12.9 Å². The first-order chi connectivity index (χ1) is 10.0. The molecule has 2 aromatic rings. The van der Waals surface area contributed by atoms with Crippen molar-refractivity contribution in [3.05, 3.63) is 58.9 Å². The van der Waals surface area contributed by atoms with Crippen LogP contribution in [0.5, 0.6) is 5.75 Å². The number of aliphatic hydroxyl groups excluding tert-OH is 1. The summed E-state index contributed by atoms with van der Waals surface area (Å²) in [5.74, 6) is 0.968. The Balaban J connectivity index is 2.12. The number of methoxy groups -OCH3 is 1. The minimum atomic E-state index is -0.640. The van der Waals surface area contributed by atoms with Crippen LogP contribution in [0.15, 0.2) is 41.3 Å². The second-order valence-electron chi connectivity index (χ2n) is 4.94. The molecule has 1 unspecified atom stereocenters. The fourth-order valence-corrected chi connectivity index (χ4v) is 3.11. The highest BCUT2D eigenvalue weighted by Crippen LogP contribution is 2.31. The van der Waals surface area contributed by atoms with Gasteiger partial charge in [0.1, 0.15) is 11.6 Å². The van der Waals surface area contributed by atoms with E-state index in [4.69, 9.17) is 4.74 Å². The maximum atomic E-state index is 13.6. The van der Waals surface area contributed by atoms with E-state index in [0.29, 0.717) is 10.6 Å². The van der Waals surface area contributed by atoms with Gasteiger partial charge in [-0.15, -0.1) is 11.8 Å². The maximum Gasteiger partial charge on any atom is 0.136 e. The molecule has 21 heavy (non-hydrogen) atoms. The third-order valence-corrected chi connectivity index (χ3v) is 4.50. The van der Waals surface area contributed by atoms with Gasteiger partial charge < -0.3 is 9.84 Å². The Morgan fingerprint density at radius 2 is 1.90 bits per heavy atom. The van der Waals surface area contributed by atoms with Crippen LogP contribution in [-0.4, -0.2) is 18.0 Å². The summed E-state index contributed by atoms with van der Waals surface area (Å²) in [6, 6.07) is 10.5. The number of ether oxygens (including phenoxy) is 1. The highest BCUT2D eigenvalue weighted by molar-refractivity contribution is 7.99. The second-order valence-corrected chi connectivity index (χ2v) is 6.00. The standard InChI is InChI=1S/C17H19FO2S/c1-11-9-16(20-3)12(2)8-13(11)15(19)10-21-17-7-5-4-6-14(17)18/h4-9,15,19H,10H2,1-3H3. The first-order valence-corrected chi connectivity index (χ1v) is 7.72. The van der Waals surface area contributed by atoms with Crippen molar-refractivity contribution in [1.82, 2.24) is 0 Å². The summed E-state index contributed by atoms with van der Waals surface area (Å²) in [7, 11) is 1.63. The molecule has 0 amide bonds. The highest BCUT2D eigenvalue weighted by Gasteiger charge is 2.14. The Bertz CT molecular complexity index is 628. The quantitative estimate of drug-likeness (QED) is 0.836. The van der Waals surface area contributed by atoms with Crippen molar-refractivity contribution in [3.63, 3.8) is 0 Å². The van der Waals surface area contributed by atoms with Crippen LogP contribution in [0.2, 0.25) is 0 Å². The highest BCUT2D eigenvalue weighted by atomic mass is 32.2. The molecule has 2 nitrogen and oxygen atoms in total. The molecule has 0 saturated carbocycles. The molecule has 4 heteroatoms. The molecule has 2 aromatic carbocycles. The van der Waals surface area contributed by atoms with E-state index in [9.17, 15) is 9.50 Å². The number of thioether (sulfide) groups is 1. The largest absolute Gasteiger partial charge is 0.496 e. The summed E-state index contributed by atoms with van der Waals surface area (Å²) in [4.78, 5) is 0.555. The zero-order valence-corrected chi connectivity index (χ0v) is 13.2. The summed E-state index contributed by atoms with van der Waals surface area (Å²) in [6.45, 7) is 3.88. The third kappa shape index (κ3) is 3.77. The lowest BCUT2D eigenvalue weighted by Gasteiger charge is -2.16. The Kier molecular flexibility index (Phi) is 5.26. The summed E-state index contributed by atoms with van der Waals surface area (Å²) >= 11 is 1.32. The van der Waals surface area contributed by atoms with Crippen LogP contribution < -0.4 is 4.74 Å². The molecule has 0 bridgehead atoms. The monoisotopic (exact) mass is 306 g/mol. The van der Waals surface area contributed by atoms with Crippen LogP contribution in [0.1, 0.15) is 22.8 Å². The lowest BCUT2D eigenvalue weighted by Crippen LogP contribution is -2.04. The first-order valence-electron chi connectivity index (χ1n) is 6.73. The Morgan fingerprint density at radius 3 is 2.57 bits per heavy atom. The summed E-state index contributed by atoms with van der Waals surface area (Å²) in [5, 5.41) is 10.4. The first kappa shape index (κ1) is 15.9. The zero-order chi connectivity index (χ0) is 15.4. The van der Waals surface area contributed by atoms with Crippen molar-refractivity contribution >= 4 is 11.8 Å². The number of aryl methyl sites for hydroxylation is 2. The van der Waals surface area contributed by atoms with Crippen LogP contribution in [0.4, 0.5) is 4.39 Å². The van der Waals surface area contributed by atoms with Crippen LogP contribution in [0.25, 0.3) is 0 Å². The van der Waals surface area contributed by atoms with Gasteiger partial charge in [0.05, 0.1) is 13.2 Å². The number of rotatable bonds is 5. The third-order valence-electron chi connectivity index (χ3n) is 3.38. The Labute approximate surface area is 129 Å². The average molecular weight is 306 g/mol. The molecule has 0 aromatic heterocycles. The lowest BCUT2D eigenvalue weighted by atomic mass is 10.0. The van der Waals surface area contributed by atoms with E-state index in [-0.39, 0.29) is 5.82 Å². The van der Waals surface area contributed by atoms with Crippen molar-refractivity contribution in [2.24, 2.45) is 0 Å². The molecular formula is C17H19FO2S. The van der Waals surface area contributed by atoms with Crippen LogP contribution >= 0.6 is 11.8 Å². The number of aliphatic hydroxyl groups is 1. The molecule has 1 atom stereocenters. The molecule has 0 fully saturated rings. The number of hydrogen-bond acceptors (Lipinski definition) is 3. The topological polar surface area (TPSA) is 29.5 Å². The zero-order valence-electron chi connectivity index (χ0n) is 12.4. The van der Waals surface area contributed by atoms with Gasteiger partial charge in [0.2, 0.25) is 0 Å². The van der Waals surface area contributed by atoms with E-state index in [1.54, 1.807) is 25.3 Å². The fraction of sp³-hybridized carbons (Fsp3) is 0.294. The van der Waals surface area contributed by atoms with Gasteiger partial charge in [-0.3, -0.25) is 0 Å². The van der Waals surface area contributed by atoms with E-state index in [1.807, 2.05) is 26.0 Å². The van der Waals surface area contributed by atoms with E-state index >= 15 is 0 Å². The van der Waals surface area contributed by atoms with Crippen molar-refractivity contribution in [3.8, 4) is 5.75 Å². The second kappa shape index (κ2) is 6.96. The van der Waals surface area contributed by atoms with Gasteiger partial charge in [0.15, 0.2) is 0 Å². The summed E-state index contributed by atoms with van der Waals surface area (Å²) < 4.78 is 18.8. The molecule has 0 heterocycles. The smallest absolute Gasteiger partial charge is 0.136 e. The predicted octanol–water partition coefficient (Wildman–Crippen LogP) is 4.28. The van der Waals surface area contributed by atoms with E-state index in [0.717, 1.165) is 22.4 Å². The van der Waals surface area contributed by atoms with Crippen LogP contribution in [0.3, 0.4) is 0 Å². The minimum Gasteiger partial charge on any atom is -0.496 e. The Morgan fingerprint density at radius 1 is 1.19 bits per heavy atom. The number of benzene rings is 2. The molecule has 2 rings (SSSR count). The van der Waals surface area contributed by atoms with Crippen molar-refractivity contribution < 1.29 is 14.2 Å². The molecule has 0 aliphatic heterocycles.